The Kier molecular flexibility index (Phi) is 4.41. The standard InChI is InChI=1S/C15H20BrN/c1-11-8-9-13(14(16)10-11)15(17-2)12-6-4-3-5-7-12/h6,8-10,15,17H,3-5,7H2,1-2H3. The summed E-state index contributed by atoms with van der Waals surface area (Å²) in [5, 5.41) is 3.45. The largest absolute Gasteiger partial charge is 0.310 e. The maximum Gasteiger partial charge on any atom is 0.0544 e. The zero-order valence-corrected chi connectivity index (χ0v) is 12.2. The van der Waals surface area contributed by atoms with Gasteiger partial charge in [0, 0.05) is 4.47 Å². The lowest BCUT2D eigenvalue weighted by atomic mass is 9.89. The smallest absolute Gasteiger partial charge is 0.0544 e. The predicted octanol–water partition coefficient (Wildman–Crippen LogP) is 4.52. The Morgan fingerprint density at radius 1 is 1.29 bits per heavy atom. The van der Waals surface area contributed by atoms with Gasteiger partial charge in [0.25, 0.3) is 0 Å². The SMILES string of the molecule is CNC(C1=CCCCC1)c1ccc(C)cc1Br. The van der Waals surface area contributed by atoms with Crippen molar-refractivity contribution in [2.24, 2.45) is 0 Å². The molecule has 2 rings (SSSR count). The van der Waals surface area contributed by atoms with Gasteiger partial charge in [-0.1, -0.05) is 39.7 Å². The summed E-state index contributed by atoms with van der Waals surface area (Å²) in [7, 11) is 2.05. The molecule has 0 aliphatic heterocycles. The summed E-state index contributed by atoms with van der Waals surface area (Å²) in [6, 6.07) is 6.98. The lowest BCUT2D eigenvalue weighted by Crippen LogP contribution is -2.20. The molecule has 0 fully saturated rings. The van der Waals surface area contributed by atoms with Crippen LogP contribution < -0.4 is 5.32 Å². The van der Waals surface area contributed by atoms with Crippen LogP contribution in [-0.2, 0) is 0 Å². The second kappa shape index (κ2) is 5.83. The molecule has 0 radical (unpaired) electrons. The number of rotatable bonds is 3. The van der Waals surface area contributed by atoms with E-state index in [0.29, 0.717) is 6.04 Å². The van der Waals surface area contributed by atoms with Gasteiger partial charge in [0.15, 0.2) is 0 Å². The lowest BCUT2D eigenvalue weighted by molar-refractivity contribution is 0.591. The summed E-state index contributed by atoms with van der Waals surface area (Å²) in [6.07, 6.45) is 7.54. The molecule has 0 saturated heterocycles. The van der Waals surface area contributed by atoms with Crippen LogP contribution in [0.15, 0.2) is 34.3 Å². The molecule has 1 nitrogen and oxygen atoms in total. The van der Waals surface area contributed by atoms with Gasteiger partial charge in [-0.15, -0.1) is 0 Å². The Bertz CT molecular complexity index is 423. The molecule has 0 bridgehead atoms. The second-order valence-electron chi connectivity index (χ2n) is 4.77. The predicted molar refractivity (Wildman–Crippen MR) is 77.2 cm³/mol. The Morgan fingerprint density at radius 2 is 2.12 bits per heavy atom. The van der Waals surface area contributed by atoms with Crippen molar-refractivity contribution in [3.8, 4) is 0 Å². The summed E-state index contributed by atoms with van der Waals surface area (Å²) >= 11 is 3.69. The third-order valence-corrected chi connectivity index (χ3v) is 4.14. The first-order chi connectivity index (χ1) is 8.22. The number of hydrogen-bond acceptors (Lipinski definition) is 1. The van der Waals surface area contributed by atoms with Crippen molar-refractivity contribution in [2.75, 3.05) is 7.05 Å². The molecule has 92 valence electrons. The molecule has 0 saturated carbocycles. The van der Waals surface area contributed by atoms with E-state index in [9.17, 15) is 0 Å². The van der Waals surface area contributed by atoms with Crippen LogP contribution in [0.3, 0.4) is 0 Å². The van der Waals surface area contributed by atoms with Gasteiger partial charge in [0.2, 0.25) is 0 Å². The molecule has 0 heterocycles. The molecule has 1 unspecified atom stereocenters. The third kappa shape index (κ3) is 2.99. The average molecular weight is 294 g/mol. The van der Waals surface area contributed by atoms with Crippen LogP contribution in [0.5, 0.6) is 0 Å². The molecule has 1 atom stereocenters. The van der Waals surface area contributed by atoms with Gasteiger partial charge in [0.1, 0.15) is 0 Å². The van der Waals surface area contributed by atoms with Crippen LogP contribution >= 0.6 is 15.9 Å². The van der Waals surface area contributed by atoms with Gasteiger partial charge < -0.3 is 5.32 Å². The van der Waals surface area contributed by atoms with Crippen LogP contribution in [0, 0.1) is 6.92 Å². The van der Waals surface area contributed by atoms with Crippen molar-refractivity contribution < 1.29 is 0 Å². The molecule has 2 heteroatoms. The van der Waals surface area contributed by atoms with Crippen LogP contribution in [-0.4, -0.2) is 7.05 Å². The molecular weight excluding hydrogens is 274 g/mol. The summed E-state index contributed by atoms with van der Waals surface area (Å²) in [4.78, 5) is 0. The highest BCUT2D eigenvalue weighted by Crippen LogP contribution is 2.33. The van der Waals surface area contributed by atoms with E-state index in [0.717, 1.165) is 0 Å². The van der Waals surface area contributed by atoms with Crippen molar-refractivity contribution in [3.05, 3.63) is 45.4 Å². The van der Waals surface area contributed by atoms with Gasteiger partial charge in [-0.05, 0) is 56.8 Å². The monoisotopic (exact) mass is 293 g/mol. The highest BCUT2D eigenvalue weighted by Gasteiger charge is 2.18. The quantitative estimate of drug-likeness (QED) is 0.808. The molecule has 0 spiro atoms. The van der Waals surface area contributed by atoms with Crippen molar-refractivity contribution in [2.45, 2.75) is 38.6 Å². The molecule has 1 aromatic carbocycles. The highest BCUT2D eigenvalue weighted by molar-refractivity contribution is 9.10. The minimum absolute atomic E-state index is 0.366. The van der Waals surface area contributed by atoms with E-state index in [1.54, 1.807) is 5.57 Å². The number of likely N-dealkylation sites (N-methyl/N-ethyl adjacent to an activating group) is 1. The number of benzene rings is 1. The summed E-state index contributed by atoms with van der Waals surface area (Å²) < 4.78 is 1.21. The van der Waals surface area contributed by atoms with Crippen LogP contribution in [0.4, 0.5) is 0 Å². The Morgan fingerprint density at radius 3 is 2.71 bits per heavy atom. The Hall–Kier alpha value is -0.600. The van der Waals surface area contributed by atoms with Crippen molar-refractivity contribution in [1.82, 2.24) is 5.32 Å². The van der Waals surface area contributed by atoms with E-state index in [1.165, 1.54) is 41.3 Å². The van der Waals surface area contributed by atoms with E-state index < -0.39 is 0 Å². The zero-order chi connectivity index (χ0) is 12.3. The minimum Gasteiger partial charge on any atom is -0.310 e. The molecule has 1 aliphatic carbocycles. The third-order valence-electron chi connectivity index (χ3n) is 3.45. The molecular formula is C15H20BrN. The van der Waals surface area contributed by atoms with Crippen molar-refractivity contribution in [1.29, 1.82) is 0 Å². The molecule has 0 aromatic heterocycles. The zero-order valence-electron chi connectivity index (χ0n) is 10.6. The van der Waals surface area contributed by atoms with Crippen molar-refractivity contribution >= 4 is 15.9 Å². The topological polar surface area (TPSA) is 12.0 Å². The average Bonchev–Trinajstić information content (AvgIpc) is 2.34. The first kappa shape index (κ1) is 12.8. The van der Waals surface area contributed by atoms with E-state index in [4.69, 9.17) is 0 Å². The highest BCUT2D eigenvalue weighted by atomic mass is 79.9. The number of hydrogen-bond donors (Lipinski definition) is 1. The van der Waals surface area contributed by atoms with E-state index in [1.807, 2.05) is 7.05 Å². The maximum absolute atomic E-state index is 3.69. The van der Waals surface area contributed by atoms with E-state index >= 15 is 0 Å². The molecule has 1 aromatic rings. The van der Waals surface area contributed by atoms with Crippen LogP contribution in [0.1, 0.15) is 42.9 Å². The van der Waals surface area contributed by atoms with Crippen molar-refractivity contribution in [3.63, 3.8) is 0 Å². The number of halogens is 1. The fourth-order valence-electron chi connectivity index (χ4n) is 2.53. The number of aryl methyl sites for hydroxylation is 1. The maximum atomic E-state index is 3.69. The molecule has 17 heavy (non-hydrogen) atoms. The fourth-order valence-corrected chi connectivity index (χ4v) is 3.25. The van der Waals surface area contributed by atoms with Gasteiger partial charge in [0.05, 0.1) is 6.04 Å². The molecule has 0 amide bonds. The van der Waals surface area contributed by atoms with Gasteiger partial charge >= 0.3 is 0 Å². The number of nitrogens with one attached hydrogen (secondary N) is 1. The summed E-state index contributed by atoms with van der Waals surface area (Å²) in [5.41, 5.74) is 4.20. The lowest BCUT2D eigenvalue weighted by Gasteiger charge is -2.24. The molecule has 1 N–H and O–H groups in total. The minimum atomic E-state index is 0.366. The van der Waals surface area contributed by atoms with E-state index in [2.05, 4.69) is 52.4 Å². The first-order valence-corrected chi connectivity index (χ1v) is 7.14. The normalized spacial score (nSPS) is 17.7. The fraction of sp³-hybridized carbons (Fsp3) is 0.467. The summed E-state index contributed by atoms with van der Waals surface area (Å²) in [6.45, 7) is 2.13. The van der Waals surface area contributed by atoms with E-state index in [-0.39, 0.29) is 0 Å². The summed E-state index contributed by atoms with van der Waals surface area (Å²) in [5.74, 6) is 0. The molecule has 1 aliphatic rings. The first-order valence-electron chi connectivity index (χ1n) is 6.34. The van der Waals surface area contributed by atoms with Crippen LogP contribution in [0.2, 0.25) is 0 Å². The van der Waals surface area contributed by atoms with Crippen LogP contribution in [0.25, 0.3) is 0 Å². The van der Waals surface area contributed by atoms with Gasteiger partial charge in [-0.25, -0.2) is 0 Å². The van der Waals surface area contributed by atoms with Gasteiger partial charge in [-0.2, -0.15) is 0 Å². The Labute approximate surface area is 112 Å². The van der Waals surface area contributed by atoms with Gasteiger partial charge in [-0.3, -0.25) is 0 Å². The Balaban J connectivity index is 2.31. The second-order valence-corrected chi connectivity index (χ2v) is 5.63. The number of allylic oxidation sites excluding steroid dienone is 1.